The second-order valence-corrected chi connectivity index (χ2v) is 5.59. The Morgan fingerprint density at radius 2 is 2.16 bits per heavy atom. The first-order chi connectivity index (χ1) is 12.1. The van der Waals surface area contributed by atoms with Gasteiger partial charge in [0, 0.05) is 24.2 Å². The molecule has 1 N–H and O–H groups in total. The predicted molar refractivity (Wildman–Crippen MR) is 101 cm³/mol. The van der Waals surface area contributed by atoms with Crippen molar-refractivity contribution in [2.75, 3.05) is 12.4 Å². The number of ether oxygens (including phenoxy) is 1. The number of carbonyl (C=O) groups excluding carboxylic acids is 1. The van der Waals surface area contributed by atoms with E-state index < -0.39 is 0 Å². The highest BCUT2D eigenvalue weighted by Crippen LogP contribution is 2.24. The highest BCUT2D eigenvalue weighted by Gasteiger charge is 2.08. The lowest BCUT2D eigenvalue weighted by atomic mass is 10.1. The molecule has 0 fully saturated rings. The van der Waals surface area contributed by atoms with Crippen LogP contribution in [0.15, 0.2) is 55.4 Å². The van der Waals surface area contributed by atoms with Crippen molar-refractivity contribution in [2.24, 2.45) is 7.05 Å². The standard InChI is InChI=1S/C20H19N3O2/c1-4-19(24)22-16-11-18-15(13-23(2)20(18)21-12-16)9-8-14-6-5-7-17(10-14)25-3/h4-13H,1H2,2-3H3,(H,22,24). The SMILES string of the molecule is C=CC(=O)Nc1cnc2c(c1)c(C=Cc1cccc(OC)c1)cn2C. The number of nitrogens with one attached hydrogen (secondary N) is 1. The molecule has 0 atom stereocenters. The van der Waals surface area contributed by atoms with E-state index in [4.69, 9.17) is 4.74 Å². The van der Waals surface area contributed by atoms with Gasteiger partial charge in [-0.05, 0) is 29.8 Å². The Kier molecular flexibility index (Phi) is 4.66. The van der Waals surface area contributed by atoms with E-state index in [0.29, 0.717) is 5.69 Å². The smallest absolute Gasteiger partial charge is 0.247 e. The number of methoxy groups -OCH3 is 1. The third-order valence-electron chi connectivity index (χ3n) is 3.85. The van der Waals surface area contributed by atoms with Crippen molar-refractivity contribution in [3.05, 3.63) is 66.5 Å². The number of pyridine rings is 1. The number of aromatic nitrogens is 2. The van der Waals surface area contributed by atoms with Gasteiger partial charge in [-0.1, -0.05) is 30.9 Å². The number of amides is 1. The molecule has 1 amide bonds. The van der Waals surface area contributed by atoms with Crippen molar-refractivity contribution in [3.8, 4) is 5.75 Å². The summed E-state index contributed by atoms with van der Waals surface area (Å²) >= 11 is 0. The number of rotatable bonds is 5. The number of carbonyl (C=O) groups is 1. The van der Waals surface area contributed by atoms with Gasteiger partial charge in [-0.25, -0.2) is 4.98 Å². The first kappa shape index (κ1) is 16.5. The van der Waals surface area contributed by atoms with Gasteiger partial charge in [-0.2, -0.15) is 0 Å². The van der Waals surface area contributed by atoms with Gasteiger partial charge in [0.1, 0.15) is 11.4 Å². The molecule has 2 heterocycles. The van der Waals surface area contributed by atoms with Crippen LogP contribution < -0.4 is 10.1 Å². The molecular weight excluding hydrogens is 314 g/mol. The molecule has 0 aliphatic carbocycles. The number of fused-ring (bicyclic) bond motifs is 1. The van der Waals surface area contributed by atoms with Crippen molar-refractivity contribution in [3.63, 3.8) is 0 Å². The third-order valence-corrected chi connectivity index (χ3v) is 3.85. The maximum absolute atomic E-state index is 11.5. The number of aryl methyl sites for hydroxylation is 1. The van der Waals surface area contributed by atoms with Crippen LogP contribution >= 0.6 is 0 Å². The zero-order chi connectivity index (χ0) is 17.8. The van der Waals surface area contributed by atoms with Crippen molar-refractivity contribution in [1.29, 1.82) is 0 Å². The molecule has 0 saturated carbocycles. The molecule has 126 valence electrons. The average Bonchev–Trinajstić information content (AvgIpc) is 2.95. The molecule has 2 aromatic heterocycles. The fourth-order valence-corrected chi connectivity index (χ4v) is 2.62. The van der Waals surface area contributed by atoms with E-state index in [-0.39, 0.29) is 5.91 Å². The summed E-state index contributed by atoms with van der Waals surface area (Å²) in [6, 6.07) is 9.75. The van der Waals surface area contributed by atoms with Gasteiger partial charge in [-0.15, -0.1) is 0 Å². The van der Waals surface area contributed by atoms with E-state index in [2.05, 4.69) is 16.9 Å². The molecule has 0 radical (unpaired) electrons. The topological polar surface area (TPSA) is 56.1 Å². The van der Waals surface area contributed by atoms with Crippen LogP contribution in [0.25, 0.3) is 23.2 Å². The van der Waals surface area contributed by atoms with Gasteiger partial charge in [0.15, 0.2) is 0 Å². The molecule has 5 nitrogen and oxygen atoms in total. The number of hydrogen-bond acceptors (Lipinski definition) is 3. The first-order valence-electron chi connectivity index (χ1n) is 7.81. The van der Waals surface area contributed by atoms with E-state index >= 15 is 0 Å². The van der Waals surface area contributed by atoms with Crippen molar-refractivity contribution >= 4 is 34.8 Å². The summed E-state index contributed by atoms with van der Waals surface area (Å²) in [5.41, 5.74) is 3.55. The molecule has 0 spiro atoms. The Labute approximate surface area is 146 Å². The van der Waals surface area contributed by atoms with Crippen molar-refractivity contribution in [2.45, 2.75) is 0 Å². The minimum Gasteiger partial charge on any atom is -0.497 e. The lowest BCUT2D eigenvalue weighted by molar-refractivity contribution is -0.111. The van der Waals surface area contributed by atoms with Crippen LogP contribution in [0.4, 0.5) is 5.69 Å². The molecule has 0 aliphatic rings. The maximum atomic E-state index is 11.5. The Balaban J connectivity index is 1.97. The second kappa shape index (κ2) is 7.05. The van der Waals surface area contributed by atoms with Crippen LogP contribution in [0.3, 0.4) is 0 Å². The van der Waals surface area contributed by atoms with E-state index in [1.54, 1.807) is 13.3 Å². The summed E-state index contributed by atoms with van der Waals surface area (Å²) in [5, 5.41) is 3.70. The fourth-order valence-electron chi connectivity index (χ4n) is 2.62. The van der Waals surface area contributed by atoms with Crippen LogP contribution in [0.1, 0.15) is 11.1 Å². The first-order valence-corrected chi connectivity index (χ1v) is 7.81. The predicted octanol–water partition coefficient (Wildman–Crippen LogP) is 3.88. The summed E-state index contributed by atoms with van der Waals surface area (Å²) in [5.74, 6) is 0.557. The van der Waals surface area contributed by atoms with Gasteiger partial charge < -0.3 is 14.6 Å². The van der Waals surface area contributed by atoms with Gasteiger partial charge >= 0.3 is 0 Å². The van der Waals surface area contributed by atoms with Gasteiger partial charge in [0.05, 0.1) is 19.0 Å². The Morgan fingerprint density at radius 1 is 1.32 bits per heavy atom. The van der Waals surface area contributed by atoms with Crippen LogP contribution in [0, 0.1) is 0 Å². The van der Waals surface area contributed by atoms with E-state index in [1.807, 2.05) is 60.3 Å². The van der Waals surface area contributed by atoms with Crippen LogP contribution in [-0.4, -0.2) is 22.6 Å². The lowest BCUT2D eigenvalue weighted by Gasteiger charge is -2.02. The maximum Gasteiger partial charge on any atom is 0.247 e. The molecule has 25 heavy (non-hydrogen) atoms. The molecule has 0 unspecified atom stereocenters. The molecular formula is C20H19N3O2. The largest absolute Gasteiger partial charge is 0.497 e. The third kappa shape index (κ3) is 3.61. The molecule has 0 saturated heterocycles. The average molecular weight is 333 g/mol. The normalized spacial score (nSPS) is 11.0. The zero-order valence-corrected chi connectivity index (χ0v) is 14.2. The van der Waals surface area contributed by atoms with Gasteiger partial charge in [0.25, 0.3) is 0 Å². The number of nitrogens with zero attached hydrogens (tertiary/aromatic N) is 2. The monoisotopic (exact) mass is 333 g/mol. The highest BCUT2D eigenvalue weighted by molar-refractivity contribution is 6.00. The molecule has 0 aliphatic heterocycles. The summed E-state index contributed by atoms with van der Waals surface area (Å²) < 4.78 is 7.21. The van der Waals surface area contributed by atoms with Crippen LogP contribution in [0.5, 0.6) is 5.75 Å². The number of hydrogen-bond donors (Lipinski definition) is 1. The summed E-state index contributed by atoms with van der Waals surface area (Å²) in [4.78, 5) is 15.9. The van der Waals surface area contributed by atoms with Crippen LogP contribution in [0.2, 0.25) is 0 Å². The number of benzene rings is 1. The van der Waals surface area contributed by atoms with Crippen LogP contribution in [-0.2, 0) is 11.8 Å². The Morgan fingerprint density at radius 3 is 2.92 bits per heavy atom. The quantitative estimate of drug-likeness (QED) is 0.721. The Hall–Kier alpha value is -3.34. The van der Waals surface area contributed by atoms with E-state index in [1.165, 1.54) is 6.08 Å². The van der Waals surface area contributed by atoms with Gasteiger partial charge in [-0.3, -0.25) is 4.79 Å². The summed E-state index contributed by atoms with van der Waals surface area (Å²) in [6.07, 6.45) is 8.93. The summed E-state index contributed by atoms with van der Waals surface area (Å²) in [6.45, 7) is 3.46. The van der Waals surface area contributed by atoms with E-state index in [0.717, 1.165) is 27.9 Å². The summed E-state index contributed by atoms with van der Waals surface area (Å²) in [7, 11) is 3.60. The lowest BCUT2D eigenvalue weighted by Crippen LogP contribution is -2.07. The van der Waals surface area contributed by atoms with Crippen molar-refractivity contribution < 1.29 is 9.53 Å². The molecule has 0 bridgehead atoms. The molecule has 5 heteroatoms. The molecule has 3 aromatic rings. The molecule has 1 aromatic carbocycles. The van der Waals surface area contributed by atoms with Gasteiger partial charge in [0.2, 0.25) is 5.91 Å². The minimum absolute atomic E-state index is 0.259. The number of anilines is 1. The van der Waals surface area contributed by atoms with Crippen molar-refractivity contribution in [1.82, 2.24) is 9.55 Å². The Bertz CT molecular complexity index is 970. The molecule has 3 rings (SSSR count). The zero-order valence-electron chi connectivity index (χ0n) is 14.2. The van der Waals surface area contributed by atoms with E-state index in [9.17, 15) is 4.79 Å². The fraction of sp³-hybridized carbons (Fsp3) is 0.100. The second-order valence-electron chi connectivity index (χ2n) is 5.59. The minimum atomic E-state index is -0.259. The highest BCUT2D eigenvalue weighted by atomic mass is 16.5.